The van der Waals surface area contributed by atoms with Crippen molar-refractivity contribution in [3.05, 3.63) is 36.1 Å². The van der Waals surface area contributed by atoms with Crippen LogP contribution in [0.5, 0.6) is 0 Å². The van der Waals surface area contributed by atoms with Crippen molar-refractivity contribution in [3.8, 4) is 0 Å². The molecule has 0 spiro atoms. The van der Waals surface area contributed by atoms with Gasteiger partial charge in [-0.25, -0.2) is 0 Å². The molecule has 4 N–H and O–H groups in total. The lowest BCUT2D eigenvalue weighted by molar-refractivity contribution is 0.0943. The first kappa shape index (κ1) is 12.5. The number of carbonyl (C=O) groups is 1. The number of hydrogen-bond donors (Lipinski definition) is 3. The van der Waals surface area contributed by atoms with Gasteiger partial charge in [-0.05, 0) is 24.8 Å². The molecule has 0 radical (unpaired) electrons. The zero-order valence-electron chi connectivity index (χ0n) is 10.7. The summed E-state index contributed by atoms with van der Waals surface area (Å²) in [5.74, 6) is 0.000107. The third-order valence-corrected chi connectivity index (χ3v) is 3.54. The van der Waals surface area contributed by atoms with E-state index in [9.17, 15) is 4.79 Å². The van der Waals surface area contributed by atoms with Gasteiger partial charge in [0.25, 0.3) is 5.91 Å². The van der Waals surface area contributed by atoms with E-state index in [1.165, 1.54) is 6.26 Å². The van der Waals surface area contributed by atoms with Gasteiger partial charge in [-0.2, -0.15) is 0 Å². The molecule has 6 heteroatoms. The smallest absolute Gasteiger partial charge is 0.255 e. The van der Waals surface area contributed by atoms with E-state index in [1.54, 1.807) is 6.07 Å². The number of nitrogens with two attached hydrogens (primary N) is 1. The largest absolute Gasteiger partial charge is 0.463 e. The first-order chi connectivity index (χ1) is 9.70. The summed E-state index contributed by atoms with van der Waals surface area (Å²) in [5.41, 5.74) is 6.75. The van der Waals surface area contributed by atoms with E-state index in [0.717, 1.165) is 18.2 Å². The first-order valence-corrected chi connectivity index (χ1v) is 6.45. The predicted octanol–water partition coefficient (Wildman–Crippen LogP) is 1.69. The zero-order chi connectivity index (χ0) is 14.1. The molecule has 3 rings (SSSR count). The maximum absolute atomic E-state index is 12.3. The van der Waals surface area contributed by atoms with Gasteiger partial charge in [0.2, 0.25) is 0 Å². The van der Waals surface area contributed by atoms with Crippen molar-refractivity contribution in [2.24, 2.45) is 16.8 Å². The lowest BCUT2D eigenvalue weighted by Gasteiger charge is -2.16. The van der Waals surface area contributed by atoms with Crippen LogP contribution in [-0.2, 0) is 0 Å². The van der Waals surface area contributed by atoms with Crippen LogP contribution < -0.4 is 11.1 Å². The van der Waals surface area contributed by atoms with Gasteiger partial charge in [0.1, 0.15) is 11.8 Å². The van der Waals surface area contributed by atoms with Crippen molar-refractivity contribution >= 4 is 22.7 Å². The summed E-state index contributed by atoms with van der Waals surface area (Å²) in [6, 6.07) is 6.88. The standard InChI is InChI=1S/C14H15N3O3/c15-13(17-19)12(8-5-6-8)16-14(18)10-7-20-11-4-2-1-3-9(10)11/h1-4,7-8,12,19H,5-6H2,(H2,15,17)(H,16,18). The van der Waals surface area contributed by atoms with Crippen molar-refractivity contribution < 1.29 is 14.4 Å². The number of nitrogens with one attached hydrogen (secondary N) is 1. The normalized spacial score (nSPS) is 17.1. The van der Waals surface area contributed by atoms with E-state index in [4.69, 9.17) is 15.4 Å². The summed E-state index contributed by atoms with van der Waals surface area (Å²) in [4.78, 5) is 12.3. The molecule has 1 heterocycles. The number of fused-ring (bicyclic) bond motifs is 1. The predicted molar refractivity (Wildman–Crippen MR) is 73.6 cm³/mol. The van der Waals surface area contributed by atoms with Gasteiger partial charge in [-0.1, -0.05) is 23.4 Å². The molecular weight excluding hydrogens is 258 g/mol. The number of nitrogens with zero attached hydrogens (tertiary/aromatic N) is 1. The lowest BCUT2D eigenvalue weighted by atomic mass is 10.1. The molecule has 104 valence electrons. The van der Waals surface area contributed by atoms with Crippen LogP contribution in [0.15, 0.2) is 40.1 Å². The van der Waals surface area contributed by atoms with E-state index in [1.807, 2.05) is 18.2 Å². The number of hydrogen-bond acceptors (Lipinski definition) is 4. The summed E-state index contributed by atoms with van der Waals surface area (Å²) in [7, 11) is 0. The van der Waals surface area contributed by atoms with Crippen molar-refractivity contribution in [1.29, 1.82) is 0 Å². The van der Waals surface area contributed by atoms with Gasteiger partial charge >= 0.3 is 0 Å². The topological polar surface area (TPSA) is 101 Å². The van der Waals surface area contributed by atoms with Crippen LogP contribution in [0, 0.1) is 5.92 Å². The minimum atomic E-state index is -0.429. The van der Waals surface area contributed by atoms with Gasteiger partial charge in [0, 0.05) is 5.39 Å². The fourth-order valence-corrected chi connectivity index (χ4v) is 2.30. The average Bonchev–Trinajstić information content (AvgIpc) is 3.22. The van der Waals surface area contributed by atoms with Crippen LogP contribution >= 0.6 is 0 Å². The molecule has 1 aliphatic rings. The third-order valence-electron chi connectivity index (χ3n) is 3.54. The highest BCUT2D eigenvalue weighted by Gasteiger charge is 2.35. The second-order valence-electron chi connectivity index (χ2n) is 4.96. The number of oxime groups is 1. The number of rotatable bonds is 4. The van der Waals surface area contributed by atoms with Crippen LogP contribution in [0.4, 0.5) is 0 Å². The number of carbonyl (C=O) groups excluding carboxylic acids is 1. The molecule has 2 aromatic rings. The highest BCUT2D eigenvalue weighted by atomic mass is 16.4. The van der Waals surface area contributed by atoms with Crippen LogP contribution in [-0.4, -0.2) is 23.0 Å². The zero-order valence-corrected chi connectivity index (χ0v) is 10.7. The molecule has 1 fully saturated rings. The Bertz CT molecular complexity index is 673. The Morgan fingerprint density at radius 3 is 2.90 bits per heavy atom. The average molecular weight is 273 g/mol. The Hall–Kier alpha value is -2.50. The van der Waals surface area contributed by atoms with E-state index >= 15 is 0 Å². The minimum Gasteiger partial charge on any atom is -0.463 e. The number of amidine groups is 1. The Morgan fingerprint density at radius 1 is 1.45 bits per heavy atom. The van der Waals surface area contributed by atoms with Crippen molar-refractivity contribution in [2.75, 3.05) is 0 Å². The molecule has 1 amide bonds. The fraction of sp³-hybridized carbons (Fsp3) is 0.286. The van der Waals surface area contributed by atoms with Crippen molar-refractivity contribution in [3.63, 3.8) is 0 Å². The van der Waals surface area contributed by atoms with Gasteiger partial charge in [-0.15, -0.1) is 0 Å². The Kier molecular flexibility index (Phi) is 3.06. The monoisotopic (exact) mass is 273 g/mol. The lowest BCUT2D eigenvalue weighted by Crippen LogP contribution is -2.46. The minimum absolute atomic E-state index is 0.0358. The van der Waals surface area contributed by atoms with Crippen LogP contribution in [0.2, 0.25) is 0 Å². The van der Waals surface area contributed by atoms with E-state index in [2.05, 4.69) is 10.5 Å². The second kappa shape index (κ2) is 4.88. The van der Waals surface area contributed by atoms with Crippen LogP contribution in [0.3, 0.4) is 0 Å². The molecular formula is C14H15N3O3. The Balaban J connectivity index is 1.85. The fourth-order valence-electron chi connectivity index (χ4n) is 2.30. The third kappa shape index (κ3) is 2.20. The summed E-state index contributed by atoms with van der Waals surface area (Å²) < 4.78 is 5.34. The number of furan rings is 1. The summed E-state index contributed by atoms with van der Waals surface area (Å²) >= 11 is 0. The van der Waals surface area contributed by atoms with E-state index in [0.29, 0.717) is 11.1 Å². The Morgan fingerprint density at radius 2 is 2.20 bits per heavy atom. The number of para-hydroxylation sites is 1. The molecule has 1 aliphatic carbocycles. The molecule has 0 aliphatic heterocycles. The Labute approximate surface area is 115 Å². The SMILES string of the molecule is NC(=NO)C(NC(=O)c1coc2ccccc12)C1CC1. The quantitative estimate of drug-likeness (QED) is 0.341. The number of amides is 1. The van der Waals surface area contributed by atoms with Crippen LogP contribution in [0.25, 0.3) is 11.0 Å². The van der Waals surface area contributed by atoms with Crippen LogP contribution in [0.1, 0.15) is 23.2 Å². The molecule has 0 bridgehead atoms. The van der Waals surface area contributed by atoms with Crippen molar-refractivity contribution in [1.82, 2.24) is 5.32 Å². The summed E-state index contributed by atoms with van der Waals surface area (Å²) in [6.07, 6.45) is 3.36. The van der Waals surface area contributed by atoms with Gasteiger partial charge in [0.15, 0.2) is 5.84 Å². The maximum atomic E-state index is 12.3. The molecule has 1 aromatic carbocycles. The van der Waals surface area contributed by atoms with E-state index < -0.39 is 6.04 Å². The highest BCUT2D eigenvalue weighted by Crippen LogP contribution is 2.33. The second-order valence-corrected chi connectivity index (χ2v) is 4.96. The molecule has 1 aromatic heterocycles. The van der Waals surface area contributed by atoms with Gasteiger partial charge in [-0.3, -0.25) is 4.79 Å². The first-order valence-electron chi connectivity index (χ1n) is 6.45. The van der Waals surface area contributed by atoms with E-state index in [-0.39, 0.29) is 17.7 Å². The van der Waals surface area contributed by atoms with Gasteiger partial charge in [0.05, 0.1) is 11.6 Å². The summed E-state index contributed by atoms with van der Waals surface area (Å²) in [6.45, 7) is 0. The maximum Gasteiger partial charge on any atom is 0.255 e. The highest BCUT2D eigenvalue weighted by molar-refractivity contribution is 6.07. The molecule has 1 atom stereocenters. The molecule has 1 unspecified atom stereocenters. The van der Waals surface area contributed by atoms with Gasteiger partial charge < -0.3 is 20.7 Å². The van der Waals surface area contributed by atoms with Crippen molar-refractivity contribution in [2.45, 2.75) is 18.9 Å². The number of benzene rings is 1. The molecule has 20 heavy (non-hydrogen) atoms. The molecule has 6 nitrogen and oxygen atoms in total. The molecule has 1 saturated carbocycles. The summed E-state index contributed by atoms with van der Waals surface area (Å²) in [5, 5.41) is 15.4. The molecule has 0 saturated heterocycles.